The van der Waals surface area contributed by atoms with Gasteiger partial charge in [-0.05, 0) is 43.5 Å². The first kappa shape index (κ1) is 18.0. The Bertz CT molecular complexity index is 788. The number of carbonyl (C=O) groups excluding carboxylic acids is 1. The zero-order valence-corrected chi connectivity index (χ0v) is 15.4. The Morgan fingerprint density at radius 3 is 2.54 bits per heavy atom. The Hall–Kier alpha value is -2.83. The van der Waals surface area contributed by atoms with E-state index < -0.39 is 0 Å². The lowest BCUT2D eigenvalue weighted by atomic mass is 10.2. The molecule has 0 radical (unpaired) electrons. The first-order valence-corrected chi connectivity index (χ1v) is 8.70. The van der Waals surface area contributed by atoms with Crippen LogP contribution in [-0.4, -0.2) is 43.2 Å². The van der Waals surface area contributed by atoms with Gasteiger partial charge in [0.25, 0.3) is 5.91 Å². The minimum absolute atomic E-state index is 0.217. The summed E-state index contributed by atoms with van der Waals surface area (Å²) in [4.78, 5) is 23.6. The number of benzene rings is 1. The van der Waals surface area contributed by atoms with Crippen molar-refractivity contribution in [2.24, 2.45) is 0 Å². The van der Waals surface area contributed by atoms with Crippen molar-refractivity contribution in [2.75, 3.05) is 32.2 Å². The van der Waals surface area contributed by atoms with E-state index in [9.17, 15) is 4.79 Å². The average Bonchev–Trinajstić information content (AvgIpc) is 3.20. The number of anilines is 1. The topological polar surface area (TPSA) is 76.6 Å². The van der Waals surface area contributed by atoms with Gasteiger partial charge in [0.05, 0.1) is 14.2 Å². The lowest BCUT2D eigenvalue weighted by Gasteiger charge is -2.16. The SMILES string of the molecule is COc1ccc(CNC(=O)c2cc(C)nc(N3CCCC3)n2)cc1OC. The van der Waals surface area contributed by atoms with Gasteiger partial charge in [0.2, 0.25) is 5.95 Å². The van der Waals surface area contributed by atoms with Crippen LogP contribution in [0.25, 0.3) is 0 Å². The number of hydrogen-bond donors (Lipinski definition) is 1. The first-order chi connectivity index (χ1) is 12.6. The van der Waals surface area contributed by atoms with Gasteiger partial charge in [-0.25, -0.2) is 9.97 Å². The number of aromatic nitrogens is 2. The van der Waals surface area contributed by atoms with E-state index in [1.54, 1.807) is 20.3 Å². The van der Waals surface area contributed by atoms with Crippen LogP contribution >= 0.6 is 0 Å². The van der Waals surface area contributed by atoms with Gasteiger partial charge in [0.15, 0.2) is 11.5 Å². The van der Waals surface area contributed by atoms with Crippen molar-refractivity contribution in [3.63, 3.8) is 0 Å². The van der Waals surface area contributed by atoms with Crippen LogP contribution in [0.15, 0.2) is 24.3 Å². The predicted octanol–water partition coefficient (Wildman–Crippen LogP) is 2.33. The molecule has 1 aliphatic heterocycles. The van der Waals surface area contributed by atoms with Crippen molar-refractivity contribution in [1.29, 1.82) is 0 Å². The van der Waals surface area contributed by atoms with E-state index >= 15 is 0 Å². The molecule has 1 amide bonds. The zero-order valence-electron chi connectivity index (χ0n) is 15.4. The maximum absolute atomic E-state index is 12.5. The summed E-state index contributed by atoms with van der Waals surface area (Å²) in [6.45, 7) is 4.14. The van der Waals surface area contributed by atoms with Gasteiger partial charge in [-0.3, -0.25) is 4.79 Å². The van der Waals surface area contributed by atoms with Crippen LogP contribution in [0.3, 0.4) is 0 Å². The van der Waals surface area contributed by atoms with Crippen LogP contribution in [0.4, 0.5) is 5.95 Å². The van der Waals surface area contributed by atoms with E-state index in [1.165, 1.54) is 0 Å². The van der Waals surface area contributed by atoms with Crippen LogP contribution in [0.5, 0.6) is 11.5 Å². The summed E-state index contributed by atoms with van der Waals surface area (Å²) in [5.74, 6) is 1.71. The summed E-state index contributed by atoms with van der Waals surface area (Å²) < 4.78 is 10.5. The third-order valence-corrected chi connectivity index (χ3v) is 4.36. The van der Waals surface area contributed by atoms with Crippen molar-refractivity contribution in [3.8, 4) is 11.5 Å². The summed E-state index contributed by atoms with van der Waals surface area (Å²) in [5.41, 5.74) is 2.10. The van der Waals surface area contributed by atoms with Crippen LogP contribution in [0, 0.1) is 6.92 Å². The fourth-order valence-electron chi connectivity index (χ4n) is 2.99. The number of ether oxygens (including phenoxy) is 2. The number of rotatable bonds is 6. The molecule has 0 atom stereocenters. The quantitative estimate of drug-likeness (QED) is 0.856. The summed E-state index contributed by atoms with van der Waals surface area (Å²) in [5, 5.41) is 2.90. The number of carbonyl (C=O) groups is 1. The number of nitrogens with one attached hydrogen (secondary N) is 1. The molecule has 2 heterocycles. The van der Waals surface area contributed by atoms with Crippen LogP contribution in [0.2, 0.25) is 0 Å². The van der Waals surface area contributed by atoms with Gasteiger partial charge in [-0.15, -0.1) is 0 Å². The normalized spacial score (nSPS) is 13.6. The van der Waals surface area contributed by atoms with E-state index in [0.29, 0.717) is 29.7 Å². The second-order valence-electron chi connectivity index (χ2n) is 6.26. The highest BCUT2D eigenvalue weighted by Crippen LogP contribution is 2.27. The van der Waals surface area contributed by atoms with Crippen molar-refractivity contribution in [3.05, 3.63) is 41.2 Å². The Labute approximate surface area is 153 Å². The van der Waals surface area contributed by atoms with E-state index in [2.05, 4.69) is 20.2 Å². The minimum Gasteiger partial charge on any atom is -0.493 e. The highest BCUT2D eigenvalue weighted by atomic mass is 16.5. The predicted molar refractivity (Wildman–Crippen MR) is 98.9 cm³/mol. The number of aryl methyl sites for hydroxylation is 1. The molecule has 3 rings (SSSR count). The smallest absolute Gasteiger partial charge is 0.270 e. The number of hydrogen-bond acceptors (Lipinski definition) is 6. The molecule has 26 heavy (non-hydrogen) atoms. The third-order valence-electron chi connectivity index (χ3n) is 4.36. The fraction of sp³-hybridized carbons (Fsp3) is 0.421. The molecular weight excluding hydrogens is 332 g/mol. The number of amides is 1. The fourth-order valence-corrected chi connectivity index (χ4v) is 2.99. The molecule has 1 fully saturated rings. The molecule has 7 nitrogen and oxygen atoms in total. The summed E-state index contributed by atoms with van der Waals surface area (Å²) in [7, 11) is 3.18. The highest BCUT2D eigenvalue weighted by Gasteiger charge is 2.18. The second kappa shape index (κ2) is 8.03. The van der Waals surface area contributed by atoms with Crippen molar-refractivity contribution >= 4 is 11.9 Å². The molecule has 0 unspecified atom stereocenters. The molecular formula is C19H24N4O3. The molecule has 1 aromatic carbocycles. The standard InChI is InChI=1S/C19H24N4O3/c1-13-10-15(22-19(21-13)23-8-4-5-9-23)18(24)20-12-14-6-7-16(25-2)17(11-14)26-3/h6-7,10-11H,4-5,8-9,12H2,1-3H3,(H,20,24). The monoisotopic (exact) mass is 356 g/mol. The second-order valence-corrected chi connectivity index (χ2v) is 6.26. The van der Waals surface area contributed by atoms with Crippen LogP contribution < -0.4 is 19.7 Å². The Kier molecular flexibility index (Phi) is 5.55. The van der Waals surface area contributed by atoms with Crippen molar-refractivity contribution in [1.82, 2.24) is 15.3 Å². The van der Waals surface area contributed by atoms with Gasteiger partial charge in [0, 0.05) is 25.3 Å². The van der Waals surface area contributed by atoms with E-state index in [-0.39, 0.29) is 5.91 Å². The molecule has 2 aromatic rings. The molecule has 1 saturated heterocycles. The highest BCUT2D eigenvalue weighted by molar-refractivity contribution is 5.92. The molecule has 0 aliphatic carbocycles. The molecule has 0 saturated carbocycles. The van der Waals surface area contributed by atoms with Gasteiger partial charge in [0.1, 0.15) is 5.69 Å². The van der Waals surface area contributed by atoms with E-state index in [1.807, 2.05) is 25.1 Å². The van der Waals surface area contributed by atoms with Crippen molar-refractivity contribution < 1.29 is 14.3 Å². The molecule has 1 aromatic heterocycles. The van der Waals surface area contributed by atoms with Crippen LogP contribution in [-0.2, 0) is 6.54 Å². The molecule has 7 heteroatoms. The Morgan fingerprint density at radius 1 is 1.12 bits per heavy atom. The third kappa shape index (κ3) is 4.04. The van der Waals surface area contributed by atoms with Crippen molar-refractivity contribution in [2.45, 2.75) is 26.3 Å². The minimum atomic E-state index is -0.217. The molecule has 0 spiro atoms. The molecule has 138 valence electrons. The molecule has 1 aliphatic rings. The van der Waals surface area contributed by atoms with Crippen LogP contribution in [0.1, 0.15) is 34.6 Å². The zero-order chi connectivity index (χ0) is 18.5. The molecule has 0 bridgehead atoms. The maximum Gasteiger partial charge on any atom is 0.270 e. The lowest BCUT2D eigenvalue weighted by molar-refractivity contribution is 0.0945. The number of nitrogens with zero attached hydrogens (tertiary/aromatic N) is 3. The first-order valence-electron chi connectivity index (χ1n) is 8.70. The average molecular weight is 356 g/mol. The van der Waals surface area contributed by atoms with Gasteiger partial charge >= 0.3 is 0 Å². The summed E-state index contributed by atoms with van der Waals surface area (Å²) >= 11 is 0. The summed E-state index contributed by atoms with van der Waals surface area (Å²) in [6, 6.07) is 7.27. The Balaban J connectivity index is 1.70. The van der Waals surface area contributed by atoms with Gasteiger partial charge in [-0.2, -0.15) is 0 Å². The largest absolute Gasteiger partial charge is 0.493 e. The molecule has 1 N–H and O–H groups in total. The maximum atomic E-state index is 12.5. The Morgan fingerprint density at radius 2 is 1.85 bits per heavy atom. The van der Waals surface area contributed by atoms with Gasteiger partial charge in [-0.1, -0.05) is 6.07 Å². The number of methoxy groups -OCH3 is 2. The lowest BCUT2D eigenvalue weighted by Crippen LogP contribution is -2.26. The summed E-state index contributed by atoms with van der Waals surface area (Å²) in [6.07, 6.45) is 2.27. The van der Waals surface area contributed by atoms with E-state index in [0.717, 1.165) is 37.2 Å². The van der Waals surface area contributed by atoms with E-state index in [4.69, 9.17) is 9.47 Å². The van der Waals surface area contributed by atoms with Gasteiger partial charge < -0.3 is 19.7 Å².